The summed E-state index contributed by atoms with van der Waals surface area (Å²) in [6, 6.07) is 0. The molecular weight excluding hydrogens is 248 g/mol. The maximum atomic E-state index is 12.1. The number of aliphatic hydroxyl groups excluding tert-OH is 1. The summed E-state index contributed by atoms with van der Waals surface area (Å²) >= 11 is 0. The zero-order valence-electron chi connectivity index (χ0n) is 11.0. The number of allylic oxidation sites excluding steroid dienone is 3. The van der Waals surface area contributed by atoms with Crippen molar-refractivity contribution < 1.29 is 24.5 Å². The van der Waals surface area contributed by atoms with Crippen molar-refractivity contribution in [2.24, 2.45) is 17.3 Å². The zero-order chi connectivity index (χ0) is 14.2. The number of carbonyl (C=O) groups excluding carboxylic acids is 1. The van der Waals surface area contributed by atoms with E-state index < -0.39 is 23.4 Å². The lowest BCUT2D eigenvalue weighted by Gasteiger charge is -2.48. The molecule has 5 nitrogen and oxygen atoms in total. The van der Waals surface area contributed by atoms with E-state index in [4.69, 9.17) is 9.84 Å². The fourth-order valence-electron chi connectivity index (χ4n) is 3.19. The molecule has 5 heteroatoms. The van der Waals surface area contributed by atoms with Crippen molar-refractivity contribution in [2.45, 2.75) is 25.9 Å². The molecule has 2 rings (SSSR count). The molecule has 2 aliphatic rings. The lowest BCUT2D eigenvalue weighted by atomic mass is 9.56. The number of ketones is 1. The van der Waals surface area contributed by atoms with E-state index in [1.54, 1.807) is 13.0 Å². The first-order valence-electron chi connectivity index (χ1n) is 6.27. The predicted molar refractivity (Wildman–Crippen MR) is 67.2 cm³/mol. The maximum absolute atomic E-state index is 12.1. The van der Waals surface area contributed by atoms with E-state index in [9.17, 15) is 14.7 Å². The Bertz CT molecular complexity index is 464. The molecule has 0 spiro atoms. The number of aliphatic carboxylic acids is 1. The highest BCUT2D eigenvalue weighted by Crippen LogP contribution is 2.50. The van der Waals surface area contributed by atoms with Crippen LogP contribution >= 0.6 is 0 Å². The van der Waals surface area contributed by atoms with Gasteiger partial charge in [0.1, 0.15) is 11.9 Å². The topological polar surface area (TPSA) is 83.8 Å². The number of carboxylic acids is 1. The van der Waals surface area contributed by atoms with Gasteiger partial charge < -0.3 is 14.9 Å². The van der Waals surface area contributed by atoms with Gasteiger partial charge in [0.05, 0.1) is 13.5 Å². The lowest BCUT2D eigenvalue weighted by Crippen LogP contribution is -2.53. The molecule has 0 aromatic heterocycles. The maximum Gasteiger partial charge on any atom is 0.303 e. The normalized spacial score (nSPS) is 37.5. The van der Waals surface area contributed by atoms with Crippen LogP contribution in [0.5, 0.6) is 0 Å². The molecule has 0 fully saturated rings. The largest absolute Gasteiger partial charge is 0.498 e. The number of aliphatic hydroxyl groups is 1. The number of hydrogen-bond acceptors (Lipinski definition) is 4. The standard InChI is InChI=1S/C14H18O5/c1-14-8(6-12(16)17)4-3-5-9(14)10(15)7-11(19-2)13(14)18/h3-4,7-9,13,18H,5-6H2,1-2H3,(H,16,17). The minimum absolute atomic E-state index is 0.106. The van der Waals surface area contributed by atoms with Gasteiger partial charge in [0.25, 0.3) is 0 Å². The average molecular weight is 266 g/mol. The van der Waals surface area contributed by atoms with Gasteiger partial charge in [0, 0.05) is 17.4 Å². The van der Waals surface area contributed by atoms with Gasteiger partial charge in [-0.3, -0.25) is 9.59 Å². The van der Waals surface area contributed by atoms with Gasteiger partial charge in [-0.05, 0) is 12.3 Å². The van der Waals surface area contributed by atoms with Gasteiger partial charge in [-0.2, -0.15) is 0 Å². The second-order valence-electron chi connectivity index (χ2n) is 5.34. The quantitative estimate of drug-likeness (QED) is 0.748. The number of methoxy groups -OCH3 is 1. The molecule has 2 N–H and O–H groups in total. The Hall–Kier alpha value is -1.62. The van der Waals surface area contributed by atoms with E-state index in [-0.39, 0.29) is 23.9 Å². The van der Waals surface area contributed by atoms with Crippen molar-refractivity contribution in [3.8, 4) is 0 Å². The lowest BCUT2D eigenvalue weighted by molar-refractivity contribution is -0.144. The van der Waals surface area contributed by atoms with Crippen LogP contribution in [-0.4, -0.2) is 35.2 Å². The summed E-state index contributed by atoms with van der Waals surface area (Å²) in [5.41, 5.74) is -0.829. The van der Waals surface area contributed by atoms with Crippen LogP contribution < -0.4 is 0 Å². The molecule has 0 radical (unpaired) electrons. The summed E-state index contributed by atoms with van der Waals surface area (Å²) in [6.07, 6.45) is 4.40. The molecule has 0 aliphatic heterocycles. The number of carbonyl (C=O) groups is 2. The smallest absolute Gasteiger partial charge is 0.303 e. The zero-order valence-corrected chi connectivity index (χ0v) is 11.0. The second kappa shape index (κ2) is 4.81. The molecule has 0 aromatic carbocycles. The molecule has 0 aromatic rings. The monoisotopic (exact) mass is 266 g/mol. The summed E-state index contributed by atoms with van der Waals surface area (Å²) in [4.78, 5) is 23.1. The van der Waals surface area contributed by atoms with E-state index in [1.165, 1.54) is 13.2 Å². The minimum atomic E-state index is -0.963. The third-order valence-corrected chi connectivity index (χ3v) is 4.41. The molecule has 0 bridgehead atoms. The Labute approximate surface area is 111 Å². The summed E-state index contributed by atoms with van der Waals surface area (Å²) in [5.74, 6) is -1.61. The van der Waals surface area contributed by atoms with Crippen LogP contribution in [0.4, 0.5) is 0 Å². The van der Waals surface area contributed by atoms with Crippen molar-refractivity contribution in [3.05, 3.63) is 24.0 Å². The molecule has 0 saturated heterocycles. The Balaban J connectivity index is 2.44. The predicted octanol–water partition coefficient (Wildman–Crippen LogP) is 1.13. The van der Waals surface area contributed by atoms with E-state index in [1.807, 2.05) is 6.08 Å². The summed E-state index contributed by atoms with van der Waals surface area (Å²) in [5, 5.41) is 19.5. The fraction of sp³-hybridized carbons (Fsp3) is 0.571. The fourth-order valence-corrected chi connectivity index (χ4v) is 3.19. The number of ether oxygens (including phenoxy) is 1. The third-order valence-electron chi connectivity index (χ3n) is 4.41. The SMILES string of the molecule is COC1=CC(=O)C2CC=CC(CC(=O)O)C2(C)C1O. The highest BCUT2D eigenvalue weighted by atomic mass is 16.5. The molecule has 104 valence electrons. The van der Waals surface area contributed by atoms with Gasteiger partial charge in [-0.25, -0.2) is 0 Å². The molecule has 0 amide bonds. The molecule has 0 saturated carbocycles. The summed E-state index contributed by atoms with van der Waals surface area (Å²) in [6.45, 7) is 1.77. The Morgan fingerprint density at radius 2 is 2.26 bits per heavy atom. The number of carboxylic acid groups (broad SMARTS) is 1. The van der Waals surface area contributed by atoms with Crippen molar-refractivity contribution in [3.63, 3.8) is 0 Å². The molecule has 4 unspecified atom stereocenters. The summed E-state index contributed by atoms with van der Waals surface area (Å²) in [7, 11) is 1.40. The van der Waals surface area contributed by atoms with Crippen molar-refractivity contribution in [1.82, 2.24) is 0 Å². The molecule has 2 aliphatic carbocycles. The summed E-state index contributed by atoms with van der Waals surface area (Å²) < 4.78 is 5.06. The second-order valence-corrected chi connectivity index (χ2v) is 5.34. The van der Waals surface area contributed by atoms with Crippen LogP contribution in [-0.2, 0) is 14.3 Å². The van der Waals surface area contributed by atoms with Crippen LogP contribution in [0.2, 0.25) is 0 Å². The van der Waals surface area contributed by atoms with Gasteiger partial charge >= 0.3 is 5.97 Å². The number of fused-ring (bicyclic) bond motifs is 1. The molecule has 4 atom stereocenters. The van der Waals surface area contributed by atoms with Crippen LogP contribution in [0.25, 0.3) is 0 Å². The van der Waals surface area contributed by atoms with Crippen molar-refractivity contribution in [1.29, 1.82) is 0 Å². The van der Waals surface area contributed by atoms with Crippen LogP contribution in [0, 0.1) is 17.3 Å². The van der Waals surface area contributed by atoms with Gasteiger partial charge in [-0.1, -0.05) is 19.1 Å². The highest BCUT2D eigenvalue weighted by molar-refractivity contribution is 5.94. The van der Waals surface area contributed by atoms with Crippen LogP contribution in [0.3, 0.4) is 0 Å². The van der Waals surface area contributed by atoms with Gasteiger partial charge in [0.15, 0.2) is 5.78 Å². The van der Waals surface area contributed by atoms with E-state index >= 15 is 0 Å². The first-order valence-corrected chi connectivity index (χ1v) is 6.27. The minimum Gasteiger partial charge on any atom is -0.498 e. The van der Waals surface area contributed by atoms with Gasteiger partial charge in [0.2, 0.25) is 0 Å². The van der Waals surface area contributed by atoms with Crippen LogP contribution in [0.1, 0.15) is 19.8 Å². The van der Waals surface area contributed by atoms with Crippen molar-refractivity contribution in [2.75, 3.05) is 7.11 Å². The first-order chi connectivity index (χ1) is 8.91. The molecular formula is C14H18O5. The average Bonchev–Trinajstić information content (AvgIpc) is 2.35. The Morgan fingerprint density at radius 3 is 2.84 bits per heavy atom. The van der Waals surface area contributed by atoms with E-state index in [2.05, 4.69) is 0 Å². The highest BCUT2D eigenvalue weighted by Gasteiger charge is 2.54. The Kier molecular flexibility index (Phi) is 3.49. The van der Waals surface area contributed by atoms with E-state index in [0.29, 0.717) is 6.42 Å². The number of rotatable bonds is 3. The Morgan fingerprint density at radius 1 is 1.58 bits per heavy atom. The molecule has 0 heterocycles. The van der Waals surface area contributed by atoms with Crippen molar-refractivity contribution >= 4 is 11.8 Å². The number of hydrogen-bond donors (Lipinski definition) is 2. The van der Waals surface area contributed by atoms with Gasteiger partial charge in [-0.15, -0.1) is 0 Å². The first kappa shape index (κ1) is 13.8. The third kappa shape index (κ3) is 2.08. The van der Waals surface area contributed by atoms with E-state index in [0.717, 1.165) is 0 Å². The van der Waals surface area contributed by atoms with Crippen LogP contribution in [0.15, 0.2) is 24.0 Å². The molecule has 19 heavy (non-hydrogen) atoms.